The summed E-state index contributed by atoms with van der Waals surface area (Å²) in [4.78, 5) is 5.33. The molecule has 14 heavy (non-hydrogen) atoms. The Kier molecular flexibility index (Phi) is 2.48. The van der Waals surface area contributed by atoms with E-state index in [1.165, 1.54) is 58.4 Å². The number of nitrogens with zero attached hydrogens (tertiary/aromatic N) is 2. The lowest BCUT2D eigenvalue weighted by molar-refractivity contribution is 0.0853. The molecular weight excluding hydrogens is 174 g/mol. The van der Waals surface area contributed by atoms with Crippen LogP contribution in [0.5, 0.6) is 0 Å². The summed E-state index contributed by atoms with van der Waals surface area (Å²) in [7, 11) is 0. The number of hydrogen-bond acceptors (Lipinski definition) is 3. The summed E-state index contributed by atoms with van der Waals surface area (Å²) >= 11 is 0. The molecule has 1 unspecified atom stereocenters. The maximum Gasteiger partial charge on any atom is 0.0598 e. The van der Waals surface area contributed by atoms with E-state index in [1.54, 1.807) is 0 Å². The average Bonchev–Trinajstić information content (AvgIpc) is 2.94. The summed E-state index contributed by atoms with van der Waals surface area (Å²) in [5, 5.41) is 3.59. The van der Waals surface area contributed by atoms with Crippen LogP contribution in [0, 0.1) is 0 Å². The first-order valence-corrected chi connectivity index (χ1v) is 6.15. The first kappa shape index (κ1) is 9.13. The maximum atomic E-state index is 3.59. The lowest BCUT2D eigenvalue weighted by Crippen LogP contribution is -2.53. The second-order valence-corrected chi connectivity index (χ2v) is 4.92. The molecule has 2 saturated heterocycles. The van der Waals surface area contributed by atoms with E-state index in [0.717, 1.165) is 6.04 Å². The summed E-state index contributed by atoms with van der Waals surface area (Å²) in [6.07, 6.45) is 6.36. The zero-order chi connectivity index (χ0) is 9.38. The molecule has 0 spiro atoms. The number of nitrogens with one attached hydrogen (secondary N) is 1. The van der Waals surface area contributed by atoms with Gasteiger partial charge in [0.25, 0.3) is 0 Å². The largest absolute Gasteiger partial charge is 0.302 e. The Labute approximate surface area is 86.4 Å². The zero-order valence-electron chi connectivity index (χ0n) is 8.91. The molecule has 0 aromatic heterocycles. The van der Waals surface area contributed by atoms with Gasteiger partial charge in [0.15, 0.2) is 0 Å². The van der Waals surface area contributed by atoms with Crippen LogP contribution in [-0.2, 0) is 0 Å². The smallest absolute Gasteiger partial charge is 0.0598 e. The van der Waals surface area contributed by atoms with Gasteiger partial charge in [0.05, 0.1) is 6.17 Å². The molecule has 1 aliphatic carbocycles. The highest BCUT2D eigenvalue weighted by Gasteiger charge is 2.33. The van der Waals surface area contributed by atoms with Gasteiger partial charge in [-0.05, 0) is 32.2 Å². The summed E-state index contributed by atoms with van der Waals surface area (Å²) in [6, 6.07) is 0.966. The minimum absolute atomic E-state index is 0.705. The molecule has 0 aromatic carbocycles. The topological polar surface area (TPSA) is 18.5 Å². The molecule has 80 valence electrons. The van der Waals surface area contributed by atoms with Crippen molar-refractivity contribution in [2.75, 3.05) is 32.7 Å². The molecule has 0 bridgehead atoms. The summed E-state index contributed by atoms with van der Waals surface area (Å²) in [5.74, 6) is 0. The van der Waals surface area contributed by atoms with E-state index in [9.17, 15) is 0 Å². The lowest BCUT2D eigenvalue weighted by atomic mass is 10.2. The molecule has 3 rings (SSSR count). The van der Waals surface area contributed by atoms with Gasteiger partial charge in [-0.25, -0.2) is 0 Å². The highest BCUT2D eigenvalue weighted by atomic mass is 15.3. The van der Waals surface area contributed by atoms with Crippen LogP contribution < -0.4 is 5.32 Å². The maximum absolute atomic E-state index is 3.59. The van der Waals surface area contributed by atoms with E-state index < -0.39 is 0 Å². The normalized spacial score (nSPS) is 36.4. The third kappa shape index (κ3) is 1.81. The van der Waals surface area contributed by atoms with E-state index in [0.29, 0.717) is 6.17 Å². The minimum Gasteiger partial charge on any atom is -0.302 e. The molecule has 0 aromatic rings. The second kappa shape index (κ2) is 3.80. The van der Waals surface area contributed by atoms with Gasteiger partial charge in [-0.2, -0.15) is 0 Å². The van der Waals surface area contributed by atoms with Crippen molar-refractivity contribution in [1.82, 2.24) is 15.1 Å². The molecule has 1 atom stereocenters. The van der Waals surface area contributed by atoms with E-state index in [1.807, 2.05) is 0 Å². The van der Waals surface area contributed by atoms with Crippen molar-refractivity contribution in [1.29, 1.82) is 0 Å². The van der Waals surface area contributed by atoms with Gasteiger partial charge in [0, 0.05) is 32.2 Å². The van der Waals surface area contributed by atoms with Crippen LogP contribution in [0.4, 0.5) is 0 Å². The van der Waals surface area contributed by atoms with Gasteiger partial charge < -0.3 is 5.32 Å². The molecule has 3 fully saturated rings. The third-order valence-electron chi connectivity index (χ3n) is 3.89. The van der Waals surface area contributed by atoms with Crippen molar-refractivity contribution >= 4 is 0 Å². The fourth-order valence-corrected chi connectivity index (χ4v) is 2.83. The van der Waals surface area contributed by atoms with Crippen molar-refractivity contribution in [2.24, 2.45) is 0 Å². The SMILES string of the molecule is C1CNC(N2CCN(C3CC3)CC2)C1. The summed E-state index contributed by atoms with van der Waals surface area (Å²) in [6.45, 7) is 6.42. The summed E-state index contributed by atoms with van der Waals surface area (Å²) in [5.41, 5.74) is 0. The lowest BCUT2D eigenvalue weighted by Gasteiger charge is -2.38. The van der Waals surface area contributed by atoms with Crippen molar-refractivity contribution in [3.8, 4) is 0 Å². The molecule has 1 saturated carbocycles. The van der Waals surface area contributed by atoms with Crippen LogP contribution in [0.15, 0.2) is 0 Å². The van der Waals surface area contributed by atoms with Gasteiger partial charge in [-0.15, -0.1) is 0 Å². The van der Waals surface area contributed by atoms with E-state index in [2.05, 4.69) is 15.1 Å². The Hall–Kier alpha value is -0.120. The Balaban J connectivity index is 1.49. The van der Waals surface area contributed by atoms with Crippen LogP contribution in [0.25, 0.3) is 0 Å². The van der Waals surface area contributed by atoms with Crippen LogP contribution in [0.2, 0.25) is 0 Å². The predicted octanol–water partition coefficient (Wildman–Crippen LogP) is 0.476. The van der Waals surface area contributed by atoms with E-state index in [-0.39, 0.29) is 0 Å². The Morgan fingerprint density at radius 3 is 2.14 bits per heavy atom. The van der Waals surface area contributed by atoms with Crippen molar-refractivity contribution in [3.05, 3.63) is 0 Å². The molecule has 3 heteroatoms. The molecular formula is C11H21N3. The quantitative estimate of drug-likeness (QED) is 0.691. The fourth-order valence-electron chi connectivity index (χ4n) is 2.83. The first-order chi connectivity index (χ1) is 6.93. The monoisotopic (exact) mass is 195 g/mol. The number of rotatable bonds is 2. The van der Waals surface area contributed by atoms with Crippen molar-refractivity contribution in [2.45, 2.75) is 37.9 Å². The van der Waals surface area contributed by atoms with Crippen LogP contribution >= 0.6 is 0 Å². The third-order valence-corrected chi connectivity index (χ3v) is 3.89. The van der Waals surface area contributed by atoms with E-state index >= 15 is 0 Å². The molecule has 3 aliphatic rings. The van der Waals surface area contributed by atoms with Crippen molar-refractivity contribution < 1.29 is 0 Å². The standard InChI is InChI=1S/C11H21N3/c1-2-11(12-5-1)14-8-6-13(7-9-14)10-3-4-10/h10-12H,1-9H2. The zero-order valence-corrected chi connectivity index (χ0v) is 8.91. The van der Waals surface area contributed by atoms with Crippen LogP contribution in [0.1, 0.15) is 25.7 Å². The molecule has 2 heterocycles. The first-order valence-electron chi connectivity index (χ1n) is 6.15. The number of piperazine rings is 1. The molecule has 0 radical (unpaired) electrons. The second-order valence-electron chi connectivity index (χ2n) is 4.92. The fraction of sp³-hybridized carbons (Fsp3) is 1.00. The molecule has 3 nitrogen and oxygen atoms in total. The van der Waals surface area contributed by atoms with Gasteiger partial charge in [-0.3, -0.25) is 9.80 Å². The molecule has 1 N–H and O–H groups in total. The highest BCUT2D eigenvalue weighted by molar-refractivity contribution is 4.89. The Morgan fingerprint density at radius 2 is 1.57 bits per heavy atom. The molecule has 0 amide bonds. The minimum atomic E-state index is 0.705. The van der Waals surface area contributed by atoms with Gasteiger partial charge in [-0.1, -0.05) is 0 Å². The Morgan fingerprint density at radius 1 is 0.857 bits per heavy atom. The predicted molar refractivity (Wildman–Crippen MR) is 57.2 cm³/mol. The highest BCUT2D eigenvalue weighted by Crippen LogP contribution is 2.27. The van der Waals surface area contributed by atoms with E-state index in [4.69, 9.17) is 0 Å². The van der Waals surface area contributed by atoms with Gasteiger partial charge in [0.2, 0.25) is 0 Å². The number of hydrogen-bond donors (Lipinski definition) is 1. The van der Waals surface area contributed by atoms with Gasteiger partial charge in [0.1, 0.15) is 0 Å². The Bertz CT molecular complexity index is 189. The van der Waals surface area contributed by atoms with Crippen LogP contribution in [-0.4, -0.2) is 54.7 Å². The van der Waals surface area contributed by atoms with Crippen molar-refractivity contribution in [3.63, 3.8) is 0 Å². The van der Waals surface area contributed by atoms with Crippen LogP contribution in [0.3, 0.4) is 0 Å². The molecule has 2 aliphatic heterocycles. The van der Waals surface area contributed by atoms with Gasteiger partial charge >= 0.3 is 0 Å². The average molecular weight is 195 g/mol. The summed E-state index contributed by atoms with van der Waals surface area (Å²) < 4.78 is 0.